The molecule has 0 radical (unpaired) electrons. The lowest BCUT2D eigenvalue weighted by Gasteiger charge is -1.98. The van der Waals surface area contributed by atoms with Crippen LogP contribution in [0.15, 0.2) is 28.3 Å². The molecular formula is C15H23NO. The lowest BCUT2D eigenvalue weighted by atomic mass is 10.1. The summed E-state index contributed by atoms with van der Waals surface area (Å²) in [4.78, 5) is 15.1. The van der Waals surface area contributed by atoms with Crippen molar-refractivity contribution >= 4 is 11.5 Å². The number of nitrogens with zero attached hydrogens (tertiary/aromatic N) is 1. The lowest BCUT2D eigenvalue weighted by Crippen LogP contribution is -2.07. The zero-order valence-corrected chi connectivity index (χ0v) is 11.4. The second kappa shape index (κ2) is 6.53. The standard InChI is InChI=1S/C15H23NO/c1-11(2)7-5-8-12(3)9-6-10-14-15(16-14)13(4)17/h7,9,15H,5-6,8,10H2,1-4H3/b12-9+. The van der Waals surface area contributed by atoms with Crippen molar-refractivity contribution in [1.29, 1.82) is 0 Å². The Bertz CT molecular complexity index is 370. The second-order valence-corrected chi connectivity index (χ2v) is 5.04. The minimum absolute atomic E-state index is 0.0608. The van der Waals surface area contributed by atoms with Crippen LogP contribution in [0.2, 0.25) is 0 Å². The molecule has 0 N–H and O–H groups in total. The van der Waals surface area contributed by atoms with E-state index in [0.717, 1.165) is 31.4 Å². The number of carbonyl (C=O) groups is 1. The highest BCUT2D eigenvalue weighted by atomic mass is 16.1. The Morgan fingerprint density at radius 1 is 1.18 bits per heavy atom. The predicted molar refractivity (Wildman–Crippen MR) is 73.6 cm³/mol. The van der Waals surface area contributed by atoms with Gasteiger partial charge in [-0.3, -0.25) is 9.79 Å². The Hall–Kier alpha value is -1.18. The Morgan fingerprint density at radius 3 is 2.41 bits per heavy atom. The molecule has 2 heteroatoms. The zero-order chi connectivity index (χ0) is 12.8. The second-order valence-electron chi connectivity index (χ2n) is 5.04. The summed E-state index contributed by atoms with van der Waals surface area (Å²) in [6, 6.07) is -0.0608. The SMILES string of the molecule is CC(=O)C1N=C1CC/C=C(\C)CCC=C(C)C. The summed E-state index contributed by atoms with van der Waals surface area (Å²) in [5.41, 5.74) is 3.91. The first kappa shape index (κ1) is 13.9. The van der Waals surface area contributed by atoms with Gasteiger partial charge in [-0.05, 0) is 53.4 Å². The van der Waals surface area contributed by atoms with Crippen molar-refractivity contribution < 1.29 is 4.79 Å². The lowest BCUT2D eigenvalue weighted by molar-refractivity contribution is -0.116. The molecule has 0 aliphatic carbocycles. The molecule has 1 unspecified atom stereocenters. The molecule has 0 saturated heterocycles. The predicted octanol–water partition coefficient (Wildman–Crippen LogP) is 3.87. The molecule has 1 rings (SSSR count). The summed E-state index contributed by atoms with van der Waals surface area (Å²) in [5.74, 6) is 0.184. The topological polar surface area (TPSA) is 29.4 Å². The van der Waals surface area contributed by atoms with E-state index in [1.165, 1.54) is 11.1 Å². The number of rotatable bonds is 7. The van der Waals surface area contributed by atoms with Crippen LogP contribution in [0.25, 0.3) is 0 Å². The third-order valence-electron chi connectivity index (χ3n) is 2.91. The first-order valence-electron chi connectivity index (χ1n) is 6.36. The molecule has 2 nitrogen and oxygen atoms in total. The Morgan fingerprint density at radius 2 is 1.88 bits per heavy atom. The monoisotopic (exact) mass is 233 g/mol. The molecule has 0 bridgehead atoms. The van der Waals surface area contributed by atoms with E-state index >= 15 is 0 Å². The molecule has 1 heterocycles. The number of aliphatic imine (C=N–C) groups is 1. The fraction of sp³-hybridized carbons (Fsp3) is 0.600. The molecule has 0 fully saturated rings. The van der Waals surface area contributed by atoms with Crippen LogP contribution < -0.4 is 0 Å². The van der Waals surface area contributed by atoms with Crippen molar-refractivity contribution in [3.63, 3.8) is 0 Å². The van der Waals surface area contributed by atoms with Crippen LogP contribution in [-0.2, 0) is 4.79 Å². The Kier molecular flexibility index (Phi) is 5.33. The summed E-state index contributed by atoms with van der Waals surface area (Å²) in [6.07, 6.45) is 8.77. The highest BCUT2D eigenvalue weighted by molar-refractivity contribution is 6.17. The van der Waals surface area contributed by atoms with Gasteiger partial charge in [-0.25, -0.2) is 0 Å². The van der Waals surface area contributed by atoms with Gasteiger partial charge >= 0.3 is 0 Å². The van der Waals surface area contributed by atoms with Crippen LogP contribution in [0.4, 0.5) is 0 Å². The normalized spacial score (nSPS) is 18.7. The minimum Gasteiger partial charge on any atom is -0.297 e. The zero-order valence-electron chi connectivity index (χ0n) is 11.4. The van der Waals surface area contributed by atoms with Crippen molar-refractivity contribution in [2.24, 2.45) is 4.99 Å². The maximum atomic E-state index is 11.0. The van der Waals surface area contributed by atoms with E-state index in [2.05, 4.69) is 37.9 Å². The largest absolute Gasteiger partial charge is 0.297 e. The van der Waals surface area contributed by atoms with Crippen LogP contribution >= 0.6 is 0 Å². The summed E-state index contributed by atoms with van der Waals surface area (Å²) in [6.45, 7) is 8.05. The smallest absolute Gasteiger partial charge is 0.159 e. The average Bonchev–Trinajstić information content (AvgIpc) is 2.96. The van der Waals surface area contributed by atoms with Gasteiger partial charge in [0.15, 0.2) is 5.78 Å². The molecular weight excluding hydrogens is 210 g/mol. The van der Waals surface area contributed by atoms with Gasteiger partial charge in [0.25, 0.3) is 0 Å². The van der Waals surface area contributed by atoms with Gasteiger partial charge in [0.1, 0.15) is 6.04 Å². The molecule has 1 atom stereocenters. The number of Topliss-reactive ketones (excluding diaryl/α,β-unsaturated/α-hetero) is 1. The summed E-state index contributed by atoms with van der Waals surface area (Å²) in [7, 11) is 0. The number of allylic oxidation sites excluding steroid dienone is 4. The number of carbonyl (C=O) groups excluding carboxylic acids is 1. The van der Waals surface area contributed by atoms with E-state index in [9.17, 15) is 4.79 Å². The number of hydrogen-bond acceptors (Lipinski definition) is 2. The number of ketones is 1. The van der Waals surface area contributed by atoms with Gasteiger partial charge in [0, 0.05) is 5.71 Å². The van der Waals surface area contributed by atoms with Gasteiger partial charge in [0.2, 0.25) is 0 Å². The molecule has 0 aromatic rings. The van der Waals surface area contributed by atoms with Crippen molar-refractivity contribution in [2.45, 2.75) is 59.4 Å². The van der Waals surface area contributed by atoms with Gasteiger partial charge in [-0.2, -0.15) is 0 Å². The molecule has 0 amide bonds. The number of hydrogen-bond donors (Lipinski definition) is 0. The first-order chi connectivity index (χ1) is 8.00. The maximum absolute atomic E-state index is 11.0. The molecule has 0 spiro atoms. The molecule has 0 aromatic carbocycles. The van der Waals surface area contributed by atoms with Crippen LogP contribution in [0.3, 0.4) is 0 Å². The van der Waals surface area contributed by atoms with E-state index in [1.807, 2.05) is 0 Å². The molecule has 94 valence electrons. The fourth-order valence-electron chi connectivity index (χ4n) is 1.81. The van der Waals surface area contributed by atoms with Crippen LogP contribution in [0, 0.1) is 0 Å². The van der Waals surface area contributed by atoms with Crippen molar-refractivity contribution in [1.82, 2.24) is 0 Å². The summed E-state index contributed by atoms with van der Waals surface area (Å²) >= 11 is 0. The first-order valence-corrected chi connectivity index (χ1v) is 6.36. The average molecular weight is 233 g/mol. The maximum Gasteiger partial charge on any atom is 0.159 e. The molecule has 0 aromatic heterocycles. The summed E-state index contributed by atoms with van der Waals surface area (Å²) < 4.78 is 0. The van der Waals surface area contributed by atoms with Gasteiger partial charge in [-0.15, -0.1) is 0 Å². The van der Waals surface area contributed by atoms with Crippen molar-refractivity contribution in [3.8, 4) is 0 Å². The van der Waals surface area contributed by atoms with Crippen molar-refractivity contribution in [3.05, 3.63) is 23.3 Å². The van der Waals surface area contributed by atoms with E-state index in [0.29, 0.717) is 0 Å². The van der Waals surface area contributed by atoms with Crippen LogP contribution in [0.1, 0.15) is 53.4 Å². The van der Waals surface area contributed by atoms with E-state index < -0.39 is 0 Å². The third-order valence-corrected chi connectivity index (χ3v) is 2.91. The van der Waals surface area contributed by atoms with E-state index in [-0.39, 0.29) is 11.8 Å². The fourth-order valence-corrected chi connectivity index (χ4v) is 1.81. The molecule has 0 saturated carbocycles. The molecule has 1 aliphatic heterocycles. The van der Waals surface area contributed by atoms with Crippen molar-refractivity contribution in [2.75, 3.05) is 0 Å². The Balaban J connectivity index is 2.15. The van der Waals surface area contributed by atoms with Gasteiger partial charge in [0.05, 0.1) is 0 Å². The van der Waals surface area contributed by atoms with E-state index in [4.69, 9.17) is 0 Å². The molecule has 17 heavy (non-hydrogen) atoms. The summed E-state index contributed by atoms with van der Waals surface area (Å²) in [5, 5.41) is 0. The quantitative estimate of drug-likeness (QED) is 0.614. The third kappa shape index (κ3) is 5.62. The highest BCUT2D eigenvalue weighted by Gasteiger charge is 2.30. The van der Waals surface area contributed by atoms with Crippen LogP contribution in [0.5, 0.6) is 0 Å². The van der Waals surface area contributed by atoms with Gasteiger partial charge in [-0.1, -0.05) is 23.3 Å². The minimum atomic E-state index is -0.0608. The molecule has 1 aliphatic rings. The highest BCUT2D eigenvalue weighted by Crippen LogP contribution is 2.18. The Labute approximate surface area is 105 Å². The van der Waals surface area contributed by atoms with Crippen LogP contribution in [-0.4, -0.2) is 17.5 Å². The van der Waals surface area contributed by atoms with E-state index in [1.54, 1.807) is 6.92 Å². The van der Waals surface area contributed by atoms with Gasteiger partial charge < -0.3 is 0 Å².